The van der Waals surface area contributed by atoms with Crippen LogP contribution in [-0.4, -0.2) is 31.6 Å². The van der Waals surface area contributed by atoms with Crippen molar-refractivity contribution in [3.8, 4) is 5.75 Å². The number of aromatic amines is 1. The Labute approximate surface area is 145 Å². The number of carbonyl (C=O) groups excluding carboxylic acids is 1. The van der Waals surface area contributed by atoms with Gasteiger partial charge in [-0.1, -0.05) is 12.1 Å². The topological polar surface area (TPSA) is 61.9 Å². The highest BCUT2D eigenvalue weighted by atomic mass is 16.5. The maximum atomic E-state index is 13.4. The number of para-hydroxylation sites is 1. The number of methoxy groups -OCH3 is 1. The van der Waals surface area contributed by atoms with Crippen molar-refractivity contribution in [2.45, 2.75) is 12.0 Å². The Kier molecular flexibility index (Phi) is 2.83. The molecule has 0 saturated heterocycles. The highest BCUT2D eigenvalue weighted by Gasteiger charge is 2.58. The smallest absolute Gasteiger partial charge is 0.299 e. The Balaban J connectivity index is 1.83. The van der Waals surface area contributed by atoms with Crippen molar-refractivity contribution >= 4 is 22.5 Å². The van der Waals surface area contributed by atoms with Crippen LogP contribution >= 0.6 is 0 Å². The van der Waals surface area contributed by atoms with Crippen LogP contribution in [0.2, 0.25) is 0 Å². The van der Waals surface area contributed by atoms with E-state index < -0.39 is 5.54 Å². The molecule has 1 amide bonds. The number of fused-ring (bicyclic) bond motifs is 6. The summed E-state index contributed by atoms with van der Waals surface area (Å²) in [6, 6.07) is 14.2. The minimum Gasteiger partial charge on any atom is -0.497 e. The molecule has 0 radical (unpaired) electrons. The van der Waals surface area contributed by atoms with Gasteiger partial charge in [-0.2, -0.15) is 0 Å². The number of nitrogens with zero attached hydrogens (tertiary/aromatic N) is 1. The molecule has 0 bridgehead atoms. The van der Waals surface area contributed by atoms with E-state index in [1.165, 1.54) is 5.56 Å². The summed E-state index contributed by atoms with van der Waals surface area (Å²) in [6.45, 7) is 0.880. The third-order valence-corrected chi connectivity index (χ3v) is 5.68. The maximum absolute atomic E-state index is 13.4. The van der Waals surface area contributed by atoms with E-state index in [4.69, 9.17) is 4.74 Å². The van der Waals surface area contributed by atoms with Gasteiger partial charge in [0.05, 0.1) is 30.6 Å². The number of aromatic nitrogens is 1. The van der Waals surface area contributed by atoms with E-state index >= 15 is 0 Å². The number of likely N-dealkylation sites (N-methyl/N-ethyl adjacent to an activating group) is 1. The molecule has 0 unspecified atom stereocenters. The first kappa shape index (κ1) is 14.5. The van der Waals surface area contributed by atoms with Crippen LogP contribution in [0.5, 0.6) is 5.75 Å². The summed E-state index contributed by atoms with van der Waals surface area (Å²) in [5.74, 6) is 0.960. The lowest BCUT2D eigenvalue weighted by molar-refractivity contribution is -0.714. The maximum Gasteiger partial charge on any atom is 0.299 e. The van der Waals surface area contributed by atoms with Crippen molar-refractivity contribution in [2.24, 2.45) is 0 Å². The van der Waals surface area contributed by atoms with Gasteiger partial charge in [0.1, 0.15) is 5.75 Å². The number of nitrogens with one attached hydrogen (secondary N) is 1. The Morgan fingerprint density at radius 2 is 2.08 bits per heavy atom. The number of nitrogens with two attached hydrogens (primary N) is 1. The van der Waals surface area contributed by atoms with Gasteiger partial charge < -0.3 is 19.9 Å². The van der Waals surface area contributed by atoms with Crippen LogP contribution in [0, 0.1) is 0 Å². The molecule has 126 valence electrons. The summed E-state index contributed by atoms with van der Waals surface area (Å²) in [6.07, 6.45) is 0.934. The van der Waals surface area contributed by atoms with Gasteiger partial charge in [0.15, 0.2) is 0 Å². The van der Waals surface area contributed by atoms with Gasteiger partial charge in [-0.05, 0) is 35.9 Å². The number of H-pyrrole nitrogens is 1. The molecule has 1 aromatic heterocycles. The van der Waals surface area contributed by atoms with Gasteiger partial charge in [-0.25, -0.2) is 0 Å². The fourth-order valence-corrected chi connectivity index (χ4v) is 4.51. The molecule has 3 aromatic rings. The van der Waals surface area contributed by atoms with Gasteiger partial charge in [0.25, 0.3) is 5.91 Å². The molecular weight excluding hydrogens is 314 g/mol. The third-order valence-electron chi connectivity index (χ3n) is 5.68. The van der Waals surface area contributed by atoms with E-state index in [1.807, 2.05) is 37.4 Å². The molecule has 3 heterocycles. The summed E-state index contributed by atoms with van der Waals surface area (Å²) in [5, 5.41) is 3.34. The molecule has 2 aliphatic heterocycles. The normalized spacial score (nSPS) is 21.7. The fourth-order valence-electron chi connectivity index (χ4n) is 4.51. The Morgan fingerprint density at radius 3 is 2.92 bits per heavy atom. The number of amides is 1. The van der Waals surface area contributed by atoms with Gasteiger partial charge in [-0.3, -0.25) is 4.79 Å². The molecule has 1 atom stereocenters. The van der Waals surface area contributed by atoms with Crippen LogP contribution in [0.25, 0.3) is 10.9 Å². The monoisotopic (exact) mass is 334 g/mol. The van der Waals surface area contributed by atoms with Crippen LogP contribution in [-0.2, 0) is 16.8 Å². The van der Waals surface area contributed by atoms with E-state index in [0.717, 1.165) is 46.6 Å². The number of anilines is 1. The molecule has 1 spiro atoms. The fraction of sp³-hybridized carbons (Fsp3) is 0.250. The van der Waals surface area contributed by atoms with Crippen molar-refractivity contribution in [1.82, 2.24) is 4.98 Å². The molecule has 0 fully saturated rings. The number of hydrogen-bond donors (Lipinski definition) is 2. The Bertz CT molecular complexity index is 1020. The zero-order chi connectivity index (χ0) is 17.2. The molecule has 2 aromatic carbocycles. The summed E-state index contributed by atoms with van der Waals surface area (Å²) >= 11 is 0. The standard InChI is InChI=1S/C20H19N3O2/c1-23-17-6-4-3-5-15(17)20(19(23)24)18-13(9-10-21-20)14-11-12(25-2)7-8-16(14)22-18/h3-8,11,21-22H,9-10H2,1-2H3/p+1/t20-/m1/s1. The molecule has 0 aliphatic carbocycles. The predicted octanol–water partition coefficient (Wildman–Crippen LogP) is 1.52. The highest BCUT2D eigenvalue weighted by Crippen LogP contribution is 2.44. The zero-order valence-electron chi connectivity index (χ0n) is 14.3. The third kappa shape index (κ3) is 1.68. The largest absolute Gasteiger partial charge is 0.497 e. The van der Waals surface area contributed by atoms with Crippen molar-refractivity contribution in [2.75, 3.05) is 25.6 Å². The average molecular weight is 334 g/mol. The van der Waals surface area contributed by atoms with Gasteiger partial charge in [-0.15, -0.1) is 0 Å². The number of carbonyl (C=O) groups is 1. The molecule has 5 rings (SSSR count). The zero-order valence-corrected chi connectivity index (χ0v) is 14.3. The van der Waals surface area contributed by atoms with E-state index in [9.17, 15) is 4.79 Å². The SMILES string of the molecule is COc1ccc2[nH]c3c(c2c1)CC[NH2+][C@@]31C(=O)N(C)c2ccccc21. The van der Waals surface area contributed by atoms with Crippen molar-refractivity contribution < 1.29 is 14.8 Å². The van der Waals surface area contributed by atoms with E-state index in [-0.39, 0.29) is 5.91 Å². The highest BCUT2D eigenvalue weighted by molar-refractivity contribution is 6.09. The molecule has 25 heavy (non-hydrogen) atoms. The van der Waals surface area contributed by atoms with Crippen molar-refractivity contribution in [1.29, 1.82) is 0 Å². The van der Waals surface area contributed by atoms with Crippen LogP contribution in [0.3, 0.4) is 0 Å². The summed E-state index contributed by atoms with van der Waals surface area (Å²) < 4.78 is 5.40. The lowest BCUT2D eigenvalue weighted by atomic mass is 9.82. The van der Waals surface area contributed by atoms with Gasteiger partial charge in [0.2, 0.25) is 5.54 Å². The minimum absolute atomic E-state index is 0.119. The predicted molar refractivity (Wildman–Crippen MR) is 96.0 cm³/mol. The van der Waals surface area contributed by atoms with Gasteiger partial charge >= 0.3 is 0 Å². The molecule has 0 saturated carbocycles. The Morgan fingerprint density at radius 1 is 1.24 bits per heavy atom. The number of hydrogen-bond acceptors (Lipinski definition) is 2. The quantitative estimate of drug-likeness (QED) is 0.709. The molecule has 2 aliphatic rings. The van der Waals surface area contributed by atoms with E-state index in [1.54, 1.807) is 12.0 Å². The summed E-state index contributed by atoms with van der Waals surface area (Å²) in [5.41, 5.74) is 4.67. The second-order valence-corrected chi connectivity index (χ2v) is 6.82. The first-order valence-electron chi connectivity index (χ1n) is 8.58. The van der Waals surface area contributed by atoms with Crippen LogP contribution < -0.4 is 15.0 Å². The lowest BCUT2D eigenvalue weighted by Gasteiger charge is -2.30. The molecule has 5 heteroatoms. The Hall–Kier alpha value is -2.79. The molecule has 5 nitrogen and oxygen atoms in total. The number of ether oxygens (including phenoxy) is 1. The number of benzene rings is 2. The van der Waals surface area contributed by atoms with Crippen molar-refractivity contribution in [3.63, 3.8) is 0 Å². The first-order valence-corrected chi connectivity index (χ1v) is 8.58. The minimum atomic E-state index is -0.703. The van der Waals surface area contributed by atoms with Crippen LogP contribution in [0.4, 0.5) is 5.69 Å². The lowest BCUT2D eigenvalue weighted by Crippen LogP contribution is -2.99. The second-order valence-electron chi connectivity index (χ2n) is 6.82. The van der Waals surface area contributed by atoms with Crippen LogP contribution in [0.1, 0.15) is 16.8 Å². The summed E-state index contributed by atoms with van der Waals surface area (Å²) in [7, 11) is 3.55. The number of rotatable bonds is 1. The molecule has 3 N–H and O–H groups in total. The second kappa shape index (κ2) is 4.86. The first-order chi connectivity index (χ1) is 12.2. The average Bonchev–Trinajstić information content (AvgIpc) is 3.13. The van der Waals surface area contributed by atoms with Gasteiger partial charge in [0, 0.05) is 24.4 Å². The number of quaternary nitrogens is 1. The van der Waals surface area contributed by atoms with E-state index in [2.05, 4.69) is 22.4 Å². The van der Waals surface area contributed by atoms with Crippen LogP contribution in [0.15, 0.2) is 42.5 Å². The van der Waals surface area contributed by atoms with E-state index in [0.29, 0.717) is 0 Å². The van der Waals surface area contributed by atoms with Crippen molar-refractivity contribution in [3.05, 3.63) is 59.3 Å². The summed E-state index contributed by atoms with van der Waals surface area (Å²) in [4.78, 5) is 18.7. The molecular formula is C20H20N3O2+.